The molecule has 2 aliphatic heterocycles. The van der Waals surface area contributed by atoms with E-state index in [4.69, 9.17) is 4.74 Å². The van der Waals surface area contributed by atoms with Gasteiger partial charge in [-0.3, -0.25) is 14.7 Å². The van der Waals surface area contributed by atoms with Gasteiger partial charge in [-0.2, -0.15) is 13.2 Å². The molecule has 188 valence electrons. The number of benzene rings is 2. The molecule has 8 heteroatoms. The zero-order valence-electron chi connectivity index (χ0n) is 20.1. The van der Waals surface area contributed by atoms with Gasteiger partial charge in [0.05, 0.1) is 17.5 Å². The predicted molar refractivity (Wildman–Crippen MR) is 131 cm³/mol. The van der Waals surface area contributed by atoms with Crippen LogP contribution in [0.15, 0.2) is 60.8 Å². The topological polar surface area (TPSA) is 45.7 Å². The summed E-state index contributed by atoms with van der Waals surface area (Å²) in [6.07, 6.45) is -0.456. The lowest BCUT2D eigenvalue weighted by atomic mass is 10.0. The maximum Gasteiger partial charge on any atom is 0.416 e. The second-order valence-electron chi connectivity index (χ2n) is 9.54. The number of alkyl halides is 3. The van der Waals surface area contributed by atoms with Crippen LogP contribution in [0.5, 0.6) is 5.75 Å². The fourth-order valence-electron chi connectivity index (χ4n) is 4.75. The van der Waals surface area contributed by atoms with Gasteiger partial charge in [0, 0.05) is 43.9 Å². The third kappa shape index (κ3) is 5.38. The lowest BCUT2D eigenvalue weighted by Gasteiger charge is -2.39. The Balaban J connectivity index is 1.13. The number of hydrogen-bond acceptors (Lipinski definition) is 4. The van der Waals surface area contributed by atoms with Gasteiger partial charge in [-0.1, -0.05) is 18.2 Å². The fraction of sp³-hybridized carbons (Fsp3) is 0.357. The number of carbonyl (C=O) groups excluding carboxylic acids is 1. The van der Waals surface area contributed by atoms with E-state index in [0.717, 1.165) is 66.0 Å². The number of rotatable bonds is 6. The molecule has 1 aromatic heterocycles. The number of carbonyl (C=O) groups is 1. The first-order chi connectivity index (χ1) is 17.3. The highest BCUT2D eigenvalue weighted by Gasteiger charge is 2.31. The van der Waals surface area contributed by atoms with Gasteiger partial charge in [-0.05, 0) is 67.3 Å². The molecular weight excluding hydrogens is 467 g/mol. The molecule has 0 radical (unpaired) electrons. The molecule has 0 spiro atoms. The molecule has 0 saturated carbocycles. The Morgan fingerprint density at radius 3 is 2.36 bits per heavy atom. The monoisotopic (exact) mass is 495 g/mol. The molecule has 2 aliphatic rings. The Kier molecular flexibility index (Phi) is 6.71. The molecule has 1 amide bonds. The smallest absolute Gasteiger partial charge is 0.416 e. The van der Waals surface area contributed by atoms with Crippen LogP contribution < -0.4 is 4.74 Å². The summed E-state index contributed by atoms with van der Waals surface area (Å²) < 4.78 is 44.1. The van der Waals surface area contributed by atoms with Gasteiger partial charge in [0.1, 0.15) is 11.9 Å². The van der Waals surface area contributed by atoms with E-state index in [1.165, 1.54) is 12.1 Å². The highest BCUT2D eigenvalue weighted by molar-refractivity contribution is 5.96. The normalized spacial score (nSPS) is 16.7. The van der Waals surface area contributed by atoms with E-state index in [1.54, 1.807) is 6.20 Å². The Hall–Kier alpha value is -3.39. The van der Waals surface area contributed by atoms with E-state index < -0.39 is 11.7 Å². The van der Waals surface area contributed by atoms with Gasteiger partial charge in [-0.15, -0.1) is 0 Å². The maximum atomic E-state index is 12.7. The number of nitrogens with zero attached hydrogens (tertiary/aromatic N) is 3. The second kappa shape index (κ2) is 9.93. The van der Waals surface area contributed by atoms with Crippen LogP contribution in [-0.4, -0.2) is 53.0 Å². The van der Waals surface area contributed by atoms with Crippen LogP contribution >= 0.6 is 0 Å². The number of pyridine rings is 1. The summed E-state index contributed by atoms with van der Waals surface area (Å²) in [5.74, 6) is 0.775. The average Bonchev–Trinajstić information content (AvgIpc) is 3.37. The largest absolute Gasteiger partial charge is 0.486 e. The number of ether oxygens (including phenoxy) is 1. The number of likely N-dealkylation sites (tertiary alicyclic amines) is 2. The van der Waals surface area contributed by atoms with Crippen LogP contribution in [0.25, 0.3) is 11.3 Å². The van der Waals surface area contributed by atoms with Crippen LogP contribution in [-0.2, 0) is 12.7 Å². The summed E-state index contributed by atoms with van der Waals surface area (Å²) in [7, 11) is 0. The molecule has 2 fully saturated rings. The van der Waals surface area contributed by atoms with Gasteiger partial charge in [0.15, 0.2) is 0 Å². The summed E-state index contributed by atoms with van der Waals surface area (Å²) in [6, 6.07) is 14.9. The molecule has 0 bridgehead atoms. The highest BCUT2D eigenvalue weighted by atomic mass is 19.4. The predicted octanol–water partition coefficient (Wildman–Crippen LogP) is 5.58. The van der Waals surface area contributed by atoms with Crippen LogP contribution in [0.2, 0.25) is 0 Å². The summed E-state index contributed by atoms with van der Waals surface area (Å²) in [5.41, 5.74) is 3.65. The zero-order chi connectivity index (χ0) is 25.3. The minimum absolute atomic E-state index is 0.0187. The van der Waals surface area contributed by atoms with Gasteiger partial charge >= 0.3 is 6.18 Å². The molecule has 0 unspecified atom stereocenters. The molecular formula is C28H28F3N3O2. The first kappa shape index (κ1) is 24.3. The molecule has 5 nitrogen and oxygen atoms in total. The highest BCUT2D eigenvalue weighted by Crippen LogP contribution is 2.30. The number of hydrogen-bond donors (Lipinski definition) is 0. The molecule has 2 saturated heterocycles. The van der Waals surface area contributed by atoms with E-state index in [-0.39, 0.29) is 12.0 Å². The maximum absolute atomic E-state index is 12.7. The Morgan fingerprint density at radius 2 is 1.75 bits per heavy atom. The van der Waals surface area contributed by atoms with Gasteiger partial charge < -0.3 is 9.64 Å². The minimum Gasteiger partial charge on any atom is -0.486 e. The van der Waals surface area contributed by atoms with E-state index in [1.807, 2.05) is 42.2 Å². The van der Waals surface area contributed by atoms with E-state index >= 15 is 0 Å². The van der Waals surface area contributed by atoms with Crippen LogP contribution in [0.4, 0.5) is 13.2 Å². The fourth-order valence-corrected chi connectivity index (χ4v) is 4.75. The number of amides is 1. The van der Waals surface area contributed by atoms with Crippen molar-refractivity contribution in [1.82, 2.24) is 14.8 Å². The molecule has 2 aromatic carbocycles. The van der Waals surface area contributed by atoms with Crippen molar-refractivity contribution in [2.45, 2.75) is 38.6 Å². The Morgan fingerprint density at radius 1 is 1.03 bits per heavy atom. The Labute approximate surface area is 208 Å². The lowest BCUT2D eigenvalue weighted by molar-refractivity contribution is -0.137. The molecule has 0 atom stereocenters. The van der Waals surface area contributed by atoms with Crippen molar-refractivity contribution < 1.29 is 22.7 Å². The quantitative estimate of drug-likeness (QED) is 0.448. The Bertz CT molecular complexity index is 1210. The van der Waals surface area contributed by atoms with Crippen molar-refractivity contribution in [3.05, 3.63) is 83.0 Å². The second-order valence-corrected chi connectivity index (χ2v) is 9.54. The van der Waals surface area contributed by atoms with Crippen molar-refractivity contribution in [1.29, 1.82) is 0 Å². The summed E-state index contributed by atoms with van der Waals surface area (Å²) in [6.45, 7) is 5.61. The third-order valence-corrected chi connectivity index (χ3v) is 6.80. The molecule has 0 N–H and O–H groups in total. The minimum atomic E-state index is -4.31. The van der Waals surface area contributed by atoms with Gasteiger partial charge in [0.25, 0.3) is 5.91 Å². The zero-order valence-corrected chi connectivity index (χ0v) is 20.1. The summed E-state index contributed by atoms with van der Waals surface area (Å²) in [4.78, 5) is 21.3. The van der Waals surface area contributed by atoms with Crippen LogP contribution in [0, 0.1) is 6.92 Å². The first-order valence-corrected chi connectivity index (χ1v) is 12.2. The van der Waals surface area contributed by atoms with E-state index in [2.05, 4.69) is 9.88 Å². The van der Waals surface area contributed by atoms with Crippen molar-refractivity contribution in [3.63, 3.8) is 0 Å². The van der Waals surface area contributed by atoms with Gasteiger partial charge in [-0.25, -0.2) is 0 Å². The van der Waals surface area contributed by atoms with Crippen molar-refractivity contribution >= 4 is 5.91 Å². The number of aryl methyl sites for hydroxylation is 1. The third-order valence-electron chi connectivity index (χ3n) is 6.80. The first-order valence-electron chi connectivity index (χ1n) is 12.2. The van der Waals surface area contributed by atoms with Crippen molar-refractivity contribution in [2.75, 3.05) is 26.2 Å². The molecule has 3 aromatic rings. The molecule has 0 aliphatic carbocycles. The van der Waals surface area contributed by atoms with Crippen molar-refractivity contribution in [3.8, 4) is 17.0 Å². The van der Waals surface area contributed by atoms with E-state index in [9.17, 15) is 18.0 Å². The van der Waals surface area contributed by atoms with Crippen LogP contribution in [0.3, 0.4) is 0 Å². The number of halogens is 3. The average molecular weight is 496 g/mol. The number of aromatic nitrogens is 1. The molecule has 5 rings (SSSR count). The van der Waals surface area contributed by atoms with Crippen LogP contribution in [0.1, 0.15) is 39.9 Å². The van der Waals surface area contributed by atoms with Gasteiger partial charge in [0.2, 0.25) is 0 Å². The lowest BCUT2D eigenvalue weighted by Crippen LogP contribution is -2.53. The standard InChI is InChI=1S/C28H28F3N3O2/c1-19-14-21(6-10-25(19)27(35)34-12-2-3-13-34)26-11-9-23(15-32-26)36-24-17-33(18-24)16-20-4-7-22(8-5-20)28(29,30)31/h4-11,14-15,24H,2-3,12-13,16-18H2,1H3. The SMILES string of the molecule is Cc1cc(-c2ccc(OC3CN(Cc4ccc(C(F)(F)F)cc4)C3)cn2)ccc1C(=O)N1CCCC1. The summed E-state index contributed by atoms with van der Waals surface area (Å²) in [5, 5.41) is 0. The van der Waals surface area contributed by atoms with Crippen molar-refractivity contribution in [2.24, 2.45) is 0 Å². The van der Waals surface area contributed by atoms with E-state index in [0.29, 0.717) is 25.4 Å². The summed E-state index contributed by atoms with van der Waals surface area (Å²) >= 11 is 0. The molecule has 36 heavy (non-hydrogen) atoms. The molecule has 3 heterocycles.